The highest BCUT2D eigenvalue weighted by molar-refractivity contribution is 5.62. The van der Waals surface area contributed by atoms with Gasteiger partial charge in [0.25, 0.3) is 0 Å². The van der Waals surface area contributed by atoms with Gasteiger partial charge in [0.15, 0.2) is 11.5 Å². The average molecular weight is 182 g/mol. The highest BCUT2D eigenvalue weighted by Crippen LogP contribution is 2.34. The maximum atomic E-state index is 5.38. The van der Waals surface area contributed by atoms with Crippen LogP contribution in [0.5, 0.6) is 11.5 Å². The number of nitrogen functional groups attached to an aromatic ring is 1. The van der Waals surface area contributed by atoms with Crippen LogP contribution in [-0.4, -0.2) is 13.7 Å². The minimum absolute atomic E-state index is 0.578. The zero-order chi connectivity index (χ0) is 9.68. The normalized spacial score (nSPS) is 9.46. The van der Waals surface area contributed by atoms with Gasteiger partial charge in [0.1, 0.15) is 0 Å². The third-order valence-corrected chi connectivity index (χ3v) is 1.64. The summed E-state index contributed by atoms with van der Waals surface area (Å²) in [6, 6.07) is 5.50. The third-order valence-electron chi connectivity index (χ3n) is 1.64. The minimum atomic E-state index is 0.578. The van der Waals surface area contributed by atoms with Gasteiger partial charge in [-0.2, -0.15) is 0 Å². The number of ether oxygens (including phenoxy) is 2. The van der Waals surface area contributed by atoms with Gasteiger partial charge in [-0.1, -0.05) is 6.07 Å². The van der Waals surface area contributed by atoms with Crippen molar-refractivity contribution in [2.24, 2.45) is 5.84 Å². The molecule has 0 heterocycles. The van der Waals surface area contributed by atoms with Gasteiger partial charge >= 0.3 is 0 Å². The second kappa shape index (κ2) is 4.57. The molecule has 4 nitrogen and oxygen atoms in total. The fraction of sp³-hybridized carbons (Fsp3) is 0.333. The molecule has 3 N–H and O–H groups in total. The largest absolute Gasteiger partial charge is 0.493 e. The van der Waals surface area contributed by atoms with E-state index >= 15 is 0 Å². The van der Waals surface area contributed by atoms with Gasteiger partial charge in [-0.15, -0.1) is 0 Å². The van der Waals surface area contributed by atoms with Crippen molar-refractivity contribution >= 4 is 5.69 Å². The van der Waals surface area contributed by atoms with Crippen LogP contribution in [0.25, 0.3) is 0 Å². The Labute approximate surface area is 77.6 Å². The third kappa shape index (κ3) is 2.03. The zero-order valence-corrected chi connectivity index (χ0v) is 7.83. The average Bonchev–Trinajstić information content (AvgIpc) is 2.18. The molecule has 0 bridgehead atoms. The maximum absolute atomic E-state index is 5.38. The second-order valence-electron chi connectivity index (χ2n) is 2.41. The Kier molecular flexibility index (Phi) is 3.40. The fourth-order valence-electron chi connectivity index (χ4n) is 1.08. The molecule has 0 unspecified atom stereocenters. The smallest absolute Gasteiger partial charge is 0.185 e. The van der Waals surface area contributed by atoms with Crippen LogP contribution in [0.3, 0.4) is 0 Å². The summed E-state index contributed by atoms with van der Waals surface area (Å²) in [7, 11) is 1.60. The number of benzene rings is 1. The number of hydrogen-bond acceptors (Lipinski definition) is 4. The van der Waals surface area contributed by atoms with Gasteiger partial charge in [0.05, 0.1) is 19.4 Å². The van der Waals surface area contributed by atoms with Crippen molar-refractivity contribution in [2.45, 2.75) is 6.92 Å². The molecule has 0 fully saturated rings. The van der Waals surface area contributed by atoms with Gasteiger partial charge in [0, 0.05) is 0 Å². The number of para-hydroxylation sites is 1. The van der Waals surface area contributed by atoms with Gasteiger partial charge in [-0.3, -0.25) is 5.84 Å². The number of hydrogen-bond donors (Lipinski definition) is 2. The summed E-state index contributed by atoms with van der Waals surface area (Å²) in [5.74, 6) is 6.65. The Balaban J connectivity index is 3.05. The summed E-state index contributed by atoms with van der Waals surface area (Å²) in [6.07, 6.45) is 0. The van der Waals surface area contributed by atoms with Gasteiger partial charge in [-0.05, 0) is 19.1 Å². The monoisotopic (exact) mass is 182 g/mol. The summed E-state index contributed by atoms with van der Waals surface area (Å²) < 4.78 is 10.5. The van der Waals surface area contributed by atoms with Crippen LogP contribution in [0.4, 0.5) is 5.69 Å². The van der Waals surface area contributed by atoms with E-state index in [1.165, 1.54) is 0 Å². The van der Waals surface area contributed by atoms with Crippen LogP contribution < -0.4 is 20.7 Å². The van der Waals surface area contributed by atoms with Crippen molar-refractivity contribution in [3.05, 3.63) is 18.2 Å². The molecule has 4 heteroatoms. The molecule has 72 valence electrons. The maximum Gasteiger partial charge on any atom is 0.185 e. The van der Waals surface area contributed by atoms with Crippen molar-refractivity contribution in [3.8, 4) is 11.5 Å². The summed E-state index contributed by atoms with van der Waals surface area (Å²) in [4.78, 5) is 0. The van der Waals surface area contributed by atoms with E-state index < -0.39 is 0 Å². The topological polar surface area (TPSA) is 56.5 Å². The van der Waals surface area contributed by atoms with Crippen LogP contribution in [0.15, 0.2) is 18.2 Å². The van der Waals surface area contributed by atoms with E-state index in [9.17, 15) is 0 Å². The molecule has 1 aromatic rings. The molecule has 1 aromatic carbocycles. The van der Waals surface area contributed by atoms with Crippen molar-refractivity contribution in [1.29, 1.82) is 0 Å². The highest BCUT2D eigenvalue weighted by atomic mass is 16.5. The highest BCUT2D eigenvalue weighted by Gasteiger charge is 2.07. The lowest BCUT2D eigenvalue weighted by atomic mass is 10.3. The molecule has 0 aromatic heterocycles. The Morgan fingerprint density at radius 1 is 1.46 bits per heavy atom. The van der Waals surface area contributed by atoms with E-state index in [2.05, 4.69) is 5.43 Å². The predicted octanol–water partition coefficient (Wildman–Crippen LogP) is 1.38. The fourth-order valence-corrected chi connectivity index (χ4v) is 1.08. The Morgan fingerprint density at radius 2 is 2.23 bits per heavy atom. The first-order chi connectivity index (χ1) is 6.33. The number of hydrazine groups is 1. The number of rotatable bonds is 4. The van der Waals surface area contributed by atoms with Crippen molar-refractivity contribution in [3.63, 3.8) is 0 Å². The van der Waals surface area contributed by atoms with E-state index in [4.69, 9.17) is 15.3 Å². The lowest BCUT2D eigenvalue weighted by Crippen LogP contribution is -2.09. The van der Waals surface area contributed by atoms with E-state index in [-0.39, 0.29) is 0 Å². The predicted molar refractivity (Wildman–Crippen MR) is 52.0 cm³/mol. The first kappa shape index (κ1) is 9.67. The van der Waals surface area contributed by atoms with Crippen LogP contribution in [0, 0.1) is 0 Å². The zero-order valence-electron chi connectivity index (χ0n) is 7.83. The molecule has 0 aliphatic heterocycles. The summed E-state index contributed by atoms with van der Waals surface area (Å²) in [6.45, 7) is 2.49. The molecule has 0 aliphatic carbocycles. The summed E-state index contributed by atoms with van der Waals surface area (Å²) >= 11 is 0. The second-order valence-corrected chi connectivity index (χ2v) is 2.41. The Hall–Kier alpha value is -1.42. The molecular formula is C9H14N2O2. The molecule has 0 spiro atoms. The first-order valence-electron chi connectivity index (χ1n) is 4.09. The lowest BCUT2D eigenvalue weighted by molar-refractivity contribution is 0.312. The van der Waals surface area contributed by atoms with E-state index in [1.807, 2.05) is 25.1 Å². The molecule has 0 saturated carbocycles. The standard InChI is InChI=1S/C9H14N2O2/c1-3-13-9-7(11-10)5-4-6-8(9)12-2/h4-6,11H,3,10H2,1-2H3. The van der Waals surface area contributed by atoms with E-state index in [1.54, 1.807) is 7.11 Å². The van der Waals surface area contributed by atoms with E-state index in [0.29, 0.717) is 18.1 Å². The van der Waals surface area contributed by atoms with Gasteiger partial charge in [0.2, 0.25) is 0 Å². The van der Waals surface area contributed by atoms with Crippen molar-refractivity contribution in [1.82, 2.24) is 0 Å². The molecule has 1 rings (SSSR count). The molecule has 0 aliphatic rings. The Morgan fingerprint density at radius 3 is 2.77 bits per heavy atom. The van der Waals surface area contributed by atoms with Crippen LogP contribution in [0.1, 0.15) is 6.92 Å². The summed E-state index contributed by atoms with van der Waals surface area (Å²) in [5, 5.41) is 0. The number of nitrogens with one attached hydrogen (secondary N) is 1. The minimum Gasteiger partial charge on any atom is -0.493 e. The molecule has 0 saturated heterocycles. The number of methoxy groups -OCH3 is 1. The molecule has 0 radical (unpaired) electrons. The number of anilines is 1. The summed E-state index contributed by atoms with van der Waals surface area (Å²) in [5.41, 5.74) is 3.27. The van der Waals surface area contributed by atoms with Crippen LogP contribution in [0.2, 0.25) is 0 Å². The van der Waals surface area contributed by atoms with Crippen molar-refractivity contribution < 1.29 is 9.47 Å². The molecule has 0 amide bonds. The first-order valence-corrected chi connectivity index (χ1v) is 4.09. The van der Waals surface area contributed by atoms with E-state index in [0.717, 1.165) is 5.69 Å². The van der Waals surface area contributed by atoms with Crippen LogP contribution in [-0.2, 0) is 0 Å². The molecule has 13 heavy (non-hydrogen) atoms. The van der Waals surface area contributed by atoms with Gasteiger partial charge < -0.3 is 14.9 Å². The lowest BCUT2D eigenvalue weighted by Gasteiger charge is -2.12. The molecular weight excluding hydrogens is 168 g/mol. The quantitative estimate of drug-likeness (QED) is 0.545. The van der Waals surface area contributed by atoms with Crippen molar-refractivity contribution in [2.75, 3.05) is 19.1 Å². The SMILES string of the molecule is CCOc1c(NN)cccc1OC. The number of nitrogens with two attached hydrogens (primary N) is 1. The Bertz CT molecular complexity index is 254. The van der Waals surface area contributed by atoms with Gasteiger partial charge in [-0.25, -0.2) is 0 Å². The molecule has 0 atom stereocenters. The van der Waals surface area contributed by atoms with Crippen LogP contribution >= 0.6 is 0 Å².